The summed E-state index contributed by atoms with van der Waals surface area (Å²) < 4.78 is 0. The predicted molar refractivity (Wildman–Crippen MR) is 78.1 cm³/mol. The molecule has 0 unspecified atom stereocenters. The zero-order chi connectivity index (χ0) is 13.8. The fourth-order valence-corrected chi connectivity index (χ4v) is 2.95. The number of halogens is 1. The van der Waals surface area contributed by atoms with E-state index in [2.05, 4.69) is 4.90 Å². The van der Waals surface area contributed by atoms with Crippen LogP contribution in [0, 0.1) is 0 Å². The van der Waals surface area contributed by atoms with Gasteiger partial charge in [0.15, 0.2) is 0 Å². The highest BCUT2D eigenvalue weighted by Crippen LogP contribution is 2.30. The minimum absolute atomic E-state index is 0.239. The van der Waals surface area contributed by atoms with E-state index in [1.54, 1.807) is 0 Å². The van der Waals surface area contributed by atoms with Crippen LogP contribution in [-0.2, 0) is 11.3 Å². The van der Waals surface area contributed by atoms with Crippen LogP contribution < -0.4 is 16.4 Å². The summed E-state index contributed by atoms with van der Waals surface area (Å²) in [5, 5.41) is 0.646. The molecule has 0 aromatic heterocycles. The van der Waals surface area contributed by atoms with Crippen molar-refractivity contribution >= 4 is 23.2 Å². The van der Waals surface area contributed by atoms with E-state index in [0.29, 0.717) is 17.6 Å². The SMILES string of the molecule is NCc1ccc(N(CC(N)=O)C2CCCC2)cc1Cl. The van der Waals surface area contributed by atoms with E-state index in [1.165, 1.54) is 12.8 Å². The Hall–Kier alpha value is -1.26. The summed E-state index contributed by atoms with van der Waals surface area (Å²) in [5.74, 6) is -0.314. The maximum atomic E-state index is 11.3. The maximum Gasteiger partial charge on any atom is 0.236 e. The molecule has 5 heteroatoms. The maximum absolute atomic E-state index is 11.3. The van der Waals surface area contributed by atoms with Gasteiger partial charge in [0.25, 0.3) is 0 Å². The van der Waals surface area contributed by atoms with Gasteiger partial charge in [-0.1, -0.05) is 30.5 Å². The summed E-state index contributed by atoms with van der Waals surface area (Å²) in [6.45, 7) is 0.654. The van der Waals surface area contributed by atoms with Crippen molar-refractivity contribution in [3.05, 3.63) is 28.8 Å². The largest absolute Gasteiger partial charge is 0.368 e. The second-order valence-electron chi connectivity index (χ2n) is 5.01. The summed E-state index contributed by atoms with van der Waals surface area (Å²) in [5.41, 5.74) is 12.8. The zero-order valence-electron chi connectivity index (χ0n) is 10.9. The van der Waals surface area contributed by atoms with Crippen LogP contribution in [0.5, 0.6) is 0 Å². The van der Waals surface area contributed by atoms with E-state index in [9.17, 15) is 4.79 Å². The molecule has 0 bridgehead atoms. The van der Waals surface area contributed by atoms with Crippen LogP contribution in [0.3, 0.4) is 0 Å². The molecule has 0 heterocycles. The van der Waals surface area contributed by atoms with Crippen molar-refractivity contribution in [1.29, 1.82) is 0 Å². The Morgan fingerprint density at radius 2 is 2.05 bits per heavy atom. The van der Waals surface area contributed by atoms with Crippen molar-refractivity contribution in [2.24, 2.45) is 11.5 Å². The Kier molecular flexibility index (Phi) is 4.66. The van der Waals surface area contributed by atoms with Crippen LogP contribution in [0.4, 0.5) is 5.69 Å². The quantitative estimate of drug-likeness (QED) is 0.867. The average Bonchev–Trinajstić information content (AvgIpc) is 2.89. The van der Waals surface area contributed by atoms with Crippen LogP contribution >= 0.6 is 11.6 Å². The number of nitrogens with two attached hydrogens (primary N) is 2. The third kappa shape index (κ3) is 3.39. The number of hydrogen-bond donors (Lipinski definition) is 2. The number of hydrogen-bond acceptors (Lipinski definition) is 3. The minimum Gasteiger partial charge on any atom is -0.368 e. The van der Waals surface area contributed by atoms with Gasteiger partial charge in [-0.25, -0.2) is 0 Å². The molecule has 1 aromatic carbocycles. The summed E-state index contributed by atoms with van der Waals surface area (Å²) >= 11 is 6.19. The molecule has 19 heavy (non-hydrogen) atoms. The van der Waals surface area contributed by atoms with Gasteiger partial charge < -0.3 is 16.4 Å². The Balaban J connectivity index is 2.26. The molecular formula is C14H20ClN3O. The first-order valence-corrected chi connectivity index (χ1v) is 7.03. The van der Waals surface area contributed by atoms with Crippen molar-refractivity contribution in [3.8, 4) is 0 Å². The Bertz CT molecular complexity index is 458. The Morgan fingerprint density at radius 3 is 2.58 bits per heavy atom. The van der Waals surface area contributed by atoms with Gasteiger partial charge in [-0.05, 0) is 30.5 Å². The fraction of sp³-hybridized carbons (Fsp3) is 0.500. The van der Waals surface area contributed by atoms with Crippen LogP contribution in [0.15, 0.2) is 18.2 Å². The number of amides is 1. The molecule has 0 spiro atoms. The van der Waals surface area contributed by atoms with Crippen molar-refractivity contribution in [2.45, 2.75) is 38.3 Å². The van der Waals surface area contributed by atoms with Gasteiger partial charge >= 0.3 is 0 Å². The molecule has 0 atom stereocenters. The summed E-state index contributed by atoms with van der Waals surface area (Å²) in [6, 6.07) is 6.15. The molecule has 1 amide bonds. The van der Waals surface area contributed by atoms with Gasteiger partial charge in [-0.2, -0.15) is 0 Å². The van der Waals surface area contributed by atoms with Gasteiger partial charge in [0.2, 0.25) is 5.91 Å². The van der Waals surface area contributed by atoms with Crippen molar-refractivity contribution < 1.29 is 4.79 Å². The van der Waals surface area contributed by atoms with E-state index in [4.69, 9.17) is 23.1 Å². The molecule has 2 rings (SSSR count). The molecule has 1 aliphatic carbocycles. The standard InChI is InChI=1S/C14H20ClN3O/c15-13-7-12(6-5-10(13)8-16)18(9-14(17)19)11-3-1-2-4-11/h5-7,11H,1-4,8-9,16H2,(H2,17,19). The number of primary amides is 1. The highest BCUT2D eigenvalue weighted by molar-refractivity contribution is 6.31. The fourth-order valence-electron chi connectivity index (χ4n) is 2.70. The first-order chi connectivity index (χ1) is 9.11. The first-order valence-electron chi connectivity index (χ1n) is 6.65. The van der Waals surface area contributed by atoms with Crippen molar-refractivity contribution in [2.75, 3.05) is 11.4 Å². The average molecular weight is 282 g/mol. The summed E-state index contributed by atoms with van der Waals surface area (Å²) in [7, 11) is 0. The summed E-state index contributed by atoms with van der Waals surface area (Å²) in [6.07, 6.45) is 4.61. The number of carbonyl (C=O) groups is 1. The van der Waals surface area contributed by atoms with Gasteiger partial charge in [-0.3, -0.25) is 4.79 Å². The number of anilines is 1. The van der Waals surface area contributed by atoms with Crippen molar-refractivity contribution in [3.63, 3.8) is 0 Å². The lowest BCUT2D eigenvalue weighted by Gasteiger charge is -2.30. The van der Waals surface area contributed by atoms with E-state index in [1.807, 2.05) is 18.2 Å². The van der Waals surface area contributed by atoms with E-state index >= 15 is 0 Å². The molecule has 0 radical (unpaired) electrons. The predicted octanol–water partition coefficient (Wildman–Crippen LogP) is 2.03. The van der Waals surface area contributed by atoms with Gasteiger partial charge in [0, 0.05) is 23.3 Å². The lowest BCUT2D eigenvalue weighted by molar-refractivity contribution is -0.116. The molecule has 1 aromatic rings. The topological polar surface area (TPSA) is 72.3 Å². The second-order valence-corrected chi connectivity index (χ2v) is 5.42. The number of benzene rings is 1. The van der Waals surface area contributed by atoms with Crippen LogP contribution in [0.25, 0.3) is 0 Å². The van der Waals surface area contributed by atoms with Gasteiger partial charge in [0.05, 0.1) is 6.54 Å². The Labute approximate surface area is 118 Å². The van der Waals surface area contributed by atoms with E-state index in [-0.39, 0.29) is 12.5 Å². The monoisotopic (exact) mass is 281 g/mol. The third-order valence-electron chi connectivity index (χ3n) is 3.68. The van der Waals surface area contributed by atoms with Crippen LogP contribution in [0.1, 0.15) is 31.2 Å². The number of nitrogens with zero attached hydrogens (tertiary/aromatic N) is 1. The number of rotatable bonds is 5. The number of carbonyl (C=O) groups excluding carboxylic acids is 1. The van der Waals surface area contributed by atoms with Gasteiger partial charge in [-0.15, -0.1) is 0 Å². The van der Waals surface area contributed by atoms with Gasteiger partial charge in [0.1, 0.15) is 0 Å². The first kappa shape index (κ1) is 14.2. The smallest absolute Gasteiger partial charge is 0.236 e. The van der Waals surface area contributed by atoms with E-state index in [0.717, 1.165) is 24.1 Å². The van der Waals surface area contributed by atoms with E-state index < -0.39 is 0 Å². The molecule has 1 saturated carbocycles. The highest BCUT2D eigenvalue weighted by atomic mass is 35.5. The van der Waals surface area contributed by atoms with Crippen molar-refractivity contribution in [1.82, 2.24) is 0 Å². The zero-order valence-corrected chi connectivity index (χ0v) is 11.7. The molecular weight excluding hydrogens is 262 g/mol. The molecule has 1 aliphatic rings. The molecule has 4 nitrogen and oxygen atoms in total. The molecule has 0 aliphatic heterocycles. The molecule has 0 saturated heterocycles. The molecule has 4 N–H and O–H groups in total. The third-order valence-corrected chi connectivity index (χ3v) is 4.03. The molecule has 104 valence electrons. The van der Waals surface area contributed by atoms with Crippen LogP contribution in [-0.4, -0.2) is 18.5 Å². The lowest BCUT2D eigenvalue weighted by Crippen LogP contribution is -2.40. The molecule has 1 fully saturated rings. The second kappa shape index (κ2) is 6.26. The lowest BCUT2D eigenvalue weighted by atomic mass is 10.1. The normalized spacial score (nSPS) is 15.7. The van der Waals surface area contributed by atoms with Crippen LogP contribution in [0.2, 0.25) is 5.02 Å². The highest BCUT2D eigenvalue weighted by Gasteiger charge is 2.24. The minimum atomic E-state index is -0.314. The summed E-state index contributed by atoms with van der Waals surface area (Å²) in [4.78, 5) is 13.3. The Morgan fingerprint density at radius 1 is 1.37 bits per heavy atom.